The molecule has 2 aliphatic heterocycles. The molecule has 1 aromatic carbocycles. The van der Waals surface area contributed by atoms with E-state index in [-0.39, 0.29) is 17.9 Å². The molecule has 2 heterocycles. The molecule has 1 aromatic rings. The zero-order valence-corrected chi connectivity index (χ0v) is 14.4. The zero-order valence-electron chi connectivity index (χ0n) is 13.6. The Hall–Kier alpha value is -1.18. The first-order chi connectivity index (χ1) is 11.6. The normalized spacial score (nSPS) is 31.0. The summed E-state index contributed by atoms with van der Waals surface area (Å²) in [5.41, 5.74) is 0. The smallest absolute Gasteiger partial charge is 0.282 e. The van der Waals surface area contributed by atoms with Crippen LogP contribution < -0.4 is 4.74 Å². The molecule has 24 heavy (non-hydrogen) atoms. The molecule has 1 aliphatic carbocycles. The van der Waals surface area contributed by atoms with Crippen LogP contribution in [0, 0.1) is 11.7 Å². The van der Waals surface area contributed by atoms with Gasteiger partial charge in [-0.1, -0.05) is 0 Å². The Labute approximate surface area is 142 Å². The second-order valence-electron chi connectivity index (χ2n) is 7.00. The molecule has 1 saturated carbocycles. The molecule has 3 aliphatic rings. The monoisotopic (exact) mass is 354 g/mol. The van der Waals surface area contributed by atoms with Gasteiger partial charge in [-0.05, 0) is 62.3 Å². The SMILES string of the molecule is O=S(=O)(N1CCCC1)N1[C@@H]2CC[C@@H](C2)[C@H]1COc1ccc(F)cc1. The standard InChI is InChI=1S/C17H23FN2O3S/c18-14-4-7-16(8-5-14)23-12-17-13-3-6-15(11-13)20(17)24(21,22)19-9-1-2-10-19/h4-5,7-8,13,15,17H,1-3,6,9-12H2/t13-,15+,17+/m0/s1. The molecule has 0 N–H and O–H groups in total. The summed E-state index contributed by atoms with van der Waals surface area (Å²) in [4.78, 5) is 0. The van der Waals surface area contributed by atoms with E-state index in [4.69, 9.17) is 4.74 Å². The zero-order chi connectivity index (χ0) is 16.7. The van der Waals surface area contributed by atoms with Crippen molar-refractivity contribution in [3.05, 3.63) is 30.1 Å². The van der Waals surface area contributed by atoms with Gasteiger partial charge in [-0.15, -0.1) is 0 Å². The lowest BCUT2D eigenvalue weighted by Crippen LogP contribution is -2.52. The number of rotatable bonds is 5. The molecule has 2 saturated heterocycles. The van der Waals surface area contributed by atoms with Gasteiger partial charge in [-0.3, -0.25) is 0 Å². The fourth-order valence-corrected chi connectivity index (χ4v) is 6.51. The number of fused-ring (bicyclic) bond motifs is 2. The molecule has 5 nitrogen and oxygen atoms in total. The minimum absolute atomic E-state index is 0.112. The third-order valence-electron chi connectivity index (χ3n) is 5.57. The maximum absolute atomic E-state index is 13.0. The van der Waals surface area contributed by atoms with Crippen molar-refractivity contribution < 1.29 is 17.5 Å². The Balaban J connectivity index is 1.51. The first kappa shape index (κ1) is 16.3. The molecule has 0 aromatic heterocycles. The van der Waals surface area contributed by atoms with Crippen molar-refractivity contribution in [2.24, 2.45) is 5.92 Å². The lowest BCUT2D eigenvalue weighted by molar-refractivity contribution is 0.156. The van der Waals surface area contributed by atoms with Crippen LogP contribution in [0.25, 0.3) is 0 Å². The van der Waals surface area contributed by atoms with Gasteiger partial charge in [-0.25, -0.2) is 4.39 Å². The van der Waals surface area contributed by atoms with Gasteiger partial charge in [0.25, 0.3) is 10.2 Å². The molecule has 0 unspecified atom stereocenters. The van der Waals surface area contributed by atoms with Gasteiger partial charge in [0, 0.05) is 19.1 Å². The number of halogens is 1. The topological polar surface area (TPSA) is 49.9 Å². The molecule has 0 spiro atoms. The molecule has 3 fully saturated rings. The summed E-state index contributed by atoms with van der Waals surface area (Å²) >= 11 is 0. The summed E-state index contributed by atoms with van der Waals surface area (Å²) in [7, 11) is -3.40. The summed E-state index contributed by atoms with van der Waals surface area (Å²) in [6.07, 6.45) is 4.83. The van der Waals surface area contributed by atoms with Crippen LogP contribution in [0.5, 0.6) is 5.75 Å². The van der Waals surface area contributed by atoms with Crippen LogP contribution >= 0.6 is 0 Å². The Morgan fingerprint density at radius 1 is 1.12 bits per heavy atom. The highest BCUT2D eigenvalue weighted by Gasteiger charge is 2.53. The van der Waals surface area contributed by atoms with Crippen LogP contribution in [0.2, 0.25) is 0 Å². The van der Waals surface area contributed by atoms with Crippen molar-refractivity contribution in [1.29, 1.82) is 0 Å². The highest BCUT2D eigenvalue weighted by molar-refractivity contribution is 7.86. The third kappa shape index (κ3) is 2.82. The van der Waals surface area contributed by atoms with E-state index in [1.807, 2.05) is 0 Å². The lowest BCUT2D eigenvalue weighted by Gasteiger charge is -2.36. The first-order valence-corrected chi connectivity index (χ1v) is 10.1. The van der Waals surface area contributed by atoms with Crippen molar-refractivity contribution in [2.45, 2.75) is 44.2 Å². The average molecular weight is 354 g/mol. The number of hydrogen-bond donors (Lipinski definition) is 0. The number of benzene rings is 1. The summed E-state index contributed by atoms with van der Waals surface area (Å²) in [5.74, 6) is 0.644. The highest BCUT2D eigenvalue weighted by atomic mass is 32.2. The molecule has 2 bridgehead atoms. The van der Waals surface area contributed by atoms with Crippen molar-refractivity contribution in [1.82, 2.24) is 8.61 Å². The summed E-state index contributed by atoms with van der Waals surface area (Å²) in [5, 5.41) is 0. The highest BCUT2D eigenvalue weighted by Crippen LogP contribution is 2.45. The van der Waals surface area contributed by atoms with E-state index in [9.17, 15) is 12.8 Å². The molecular weight excluding hydrogens is 331 g/mol. The van der Waals surface area contributed by atoms with Crippen LogP contribution in [-0.2, 0) is 10.2 Å². The number of piperidine rings is 1. The summed E-state index contributed by atoms with van der Waals surface area (Å²) in [6, 6.07) is 5.88. The molecule has 7 heteroatoms. The van der Waals surface area contributed by atoms with E-state index in [0.717, 1.165) is 32.1 Å². The largest absolute Gasteiger partial charge is 0.492 e. The van der Waals surface area contributed by atoms with Crippen molar-refractivity contribution in [3.8, 4) is 5.75 Å². The van der Waals surface area contributed by atoms with Gasteiger partial charge in [0.2, 0.25) is 0 Å². The molecule has 0 radical (unpaired) electrons. The van der Waals surface area contributed by atoms with Gasteiger partial charge in [0.05, 0.1) is 6.04 Å². The van der Waals surface area contributed by atoms with Crippen LogP contribution in [0.3, 0.4) is 0 Å². The maximum atomic E-state index is 13.0. The fraction of sp³-hybridized carbons (Fsp3) is 0.647. The predicted octanol–water partition coefficient (Wildman–Crippen LogP) is 2.40. The minimum Gasteiger partial charge on any atom is -0.492 e. The van der Waals surface area contributed by atoms with E-state index in [1.165, 1.54) is 12.1 Å². The van der Waals surface area contributed by atoms with Gasteiger partial charge in [0.15, 0.2) is 0 Å². The van der Waals surface area contributed by atoms with E-state index < -0.39 is 10.2 Å². The molecular formula is C17H23FN2O3S. The second-order valence-corrected chi connectivity index (χ2v) is 8.84. The first-order valence-electron chi connectivity index (χ1n) is 8.73. The van der Waals surface area contributed by atoms with E-state index in [0.29, 0.717) is 31.4 Å². The minimum atomic E-state index is -3.40. The lowest BCUT2D eigenvalue weighted by atomic mass is 10.0. The molecule has 4 rings (SSSR count). The van der Waals surface area contributed by atoms with Crippen LogP contribution in [0.15, 0.2) is 24.3 Å². The van der Waals surface area contributed by atoms with Gasteiger partial charge in [-0.2, -0.15) is 17.0 Å². The van der Waals surface area contributed by atoms with E-state index >= 15 is 0 Å². The quantitative estimate of drug-likeness (QED) is 0.816. The molecule has 132 valence electrons. The van der Waals surface area contributed by atoms with Gasteiger partial charge in [0.1, 0.15) is 18.2 Å². The number of nitrogens with zero attached hydrogens (tertiary/aromatic N) is 2. The Kier molecular flexibility index (Phi) is 4.26. The second kappa shape index (κ2) is 6.28. The van der Waals surface area contributed by atoms with Gasteiger partial charge < -0.3 is 4.74 Å². The fourth-order valence-electron chi connectivity index (χ4n) is 4.38. The van der Waals surface area contributed by atoms with E-state index in [2.05, 4.69) is 0 Å². The van der Waals surface area contributed by atoms with Crippen molar-refractivity contribution in [2.75, 3.05) is 19.7 Å². The Bertz CT molecular complexity index is 688. The Morgan fingerprint density at radius 2 is 1.83 bits per heavy atom. The average Bonchev–Trinajstić information content (AvgIpc) is 3.30. The van der Waals surface area contributed by atoms with E-state index in [1.54, 1.807) is 20.7 Å². The maximum Gasteiger partial charge on any atom is 0.282 e. The summed E-state index contributed by atoms with van der Waals surface area (Å²) < 4.78 is 48.2. The predicted molar refractivity (Wildman–Crippen MR) is 88.4 cm³/mol. The number of hydrogen-bond acceptors (Lipinski definition) is 3. The number of ether oxygens (including phenoxy) is 1. The van der Waals surface area contributed by atoms with Crippen LogP contribution in [0.1, 0.15) is 32.1 Å². The molecule has 0 amide bonds. The van der Waals surface area contributed by atoms with Crippen molar-refractivity contribution >= 4 is 10.2 Å². The molecule has 3 atom stereocenters. The Morgan fingerprint density at radius 3 is 2.54 bits per heavy atom. The summed E-state index contributed by atoms with van der Waals surface area (Å²) in [6.45, 7) is 1.59. The third-order valence-corrected chi connectivity index (χ3v) is 7.69. The van der Waals surface area contributed by atoms with Gasteiger partial charge >= 0.3 is 0 Å². The van der Waals surface area contributed by atoms with Crippen molar-refractivity contribution in [3.63, 3.8) is 0 Å². The van der Waals surface area contributed by atoms with Crippen LogP contribution in [-0.4, -0.2) is 48.8 Å². The van der Waals surface area contributed by atoms with Crippen LogP contribution in [0.4, 0.5) is 4.39 Å².